The first-order valence-corrected chi connectivity index (χ1v) is 8.57. The molecule has 0 aliphatic heterocycles. The highest BCUT2D eigenvalue weighted by Crippen LogP contribution is 2.22. The lowest BCUT2D eigenvalue weighted by Crippen LogP contribution is -2.41. The molecular formula is C17H28N2OS. The highest BCUT2D eigenvalue weighted by molar-refractivity contribution is 8.00. The van der Waals surface area contributed by atoms with Gasteiger partial charge in [-0.1, -0.05) is 19.1 Å². The van der Waals surface area contributed by atoms with Gasteiger partial charge in [-0.05, 0) is 58.4 Å². The summed E-state index contributed by atoms with van der Waals surface area (Å²) in [6, 6.07) is 8.76. The standard InChI is InChI=1S/C17H28N2OS/c1-6-10-18-13(2)14-8-7-9-15(11-14)21-12-16(20)19-17(3,4)5/h7-9,11,13,18H,6,10,12H2,1-5H3,(H,19,20). The molecule has 0 saturated carbocycles. The van der Waals surface area contributed by atoms with E-state index in [-0.39, 0.29) is 11.4 Å². The Bertz CT molecular complexity index is 454. The quantitative estimate of drug-likeness (QED) is 0.754. The fraction of sp³-hybridized carbons (Fsp3) is 0.588. The highest BCUT2D eigenvalue weighted by Gasteiger charge is 2.14. The van der Waals surface area contributed by atoms with E-state index in [1.807, 2.05) is 20.8 Å². The van der Waals surface area contributed by atoms with Crippen LogP contribution in [0.5, 0.6) is 0 Å². The molecule has 0 aliphatic rings. The highest BCUT2D eigenvalue weighted by atomic mass is 32.2. The molecule has 118 valence electrons. The Labute approximate surface area is 133 Å². The van der Waals surface area contributed by atoms with Crippen LogP contribution in [0.25, 0.3) is 0 Å². The molecule has 0 fully saturated rings. The number of carbonyl (C=O) groups excluding carboxylic acids is 1. The first-order valence-electron chi connectivity index (χ1n) is 7.59. The summed E-state index contributed by atoms with van der Waals surface area (Å²) < 4.78 is 0. The summed E-state index contributed by atoms with van der Waals surface area (Å²) in [7, 11) is 0. The zero-order valence-electron chi connectivity index (χ0n) is 13.8. The maximum atomic E-state index is 11.8. The summed E-state index contributed by atoms with van der Waals surface area (Å²) in [6.07, 6.45) is 1.13. The van der Waals surface area contributed by atoms with Gasteiger partial charge in [0.15, 0.2) is 0 Å². The number of nitrogens with one attached hydrogen (secondary N) is 2. The van der Waals surface area contributed by atoms with Crippen molar-refractivity contribution in [3.8, 4) is 0 Å². The topological polar surface area (TPSA) is 41.1 Å². The van der Waals surface area contributed by atoms with Gasteiger partial charge in [-0.2, -0.15) is 0 Å². The summed E-state index contributed by atoms with van der Waals surface area (Å²) in [5.74, 6) is 0.535. The Hall–Kier alpha value is -1.00. The molecule has 0 spiro atoms. The zero-order valence-corrected chi connectivity index (χ0v) is 14.6. The van der Waals surface area contributed by atoms with Crippen molar-refractivity contribution in [2.45, 2.75) is 57.5 Å². The van der Waals surface area contributed by atoms with Crippen LogP contribution >= 0.6 is 11.8 Å². The van der Waals surface area contributed by atoms with Gasteiger partial charge in [-0.3, -0.25) is 4.79 Å². The fourth-order valence-corrected chi connectivity index (χ4v) is 2.72. The molecule has 0 radical (unpaired) electrons. The van der Waals surface area contributed by atoms with E-state index >= 15 is 0 Å². The molecule has 1 rings (SSSR count). The van der Waals surface area contributed by atoms with Crippen molar-refractivity contribution >= 4 is 17.7 Å². The van der Waals surface area contributed by atoms with E-state index in [4.69, 9.17) is 0 Å². The van der Waals surface area contributed by atoms with Gasteiger partial charge in [0.25, 0.3) is 0 Å². The van der Waals surface area contributed by atoms with E-state index in [0.29, 0.717) is 11.8 Å². The first-order chi connectivity index (χ1) is 9.81. The van der Waals surface area contributed by atoms with E-state index in [2.05, 4.69) is 48.7 Å². The molecule has 1 amide bonds. The first kappa shape index (κ1) is 18.1. The Balaban J connectivity index is 2.55. The minimum absolute atomic E-state index is 0.0788. The predicted octanol–water partition coefficient (Wildman–Crippen LogP) is 3.75. The van der Waals surface area contributed by atoms with Crippen LogP contribution in [0.15, 0.2) is 29.2 Å². The summed E-state index contributed by atoms with van der Waals surface area (Å²) in [4.78, 5) is 13.0. The fourth-order valence-electron chi connectivity index (χ4n) is 1.96. The molecule has 1 unspecified atom stereocenters. The summed E-state index contributed by atoms with van der Waals surface area (Å²) in [5, 5.41) is 6.47. The molecule has 0 saturated heterocycles. The van der Waals surface area contributed by atoms with Crippen molar-refractivity contribution in [3.63, 3.8) is 0 Å². The van der Waals surface area contributed by atoms with Crippen molar-refractivity contribution < 1.29 is 4.79 Å². The molecular weight excluding hydrogens is 280 g/mol. The van der Waals surface area contributed by atoms with Gasteiger partial charge in [-0.25, -0.2) is 0 Å². The van der Waals surface area contributed by atoms with Crippen molar-refractivity contribution in [2.75, 3.05) is 12.3 Å². The van der Waals surface area contributed by atoms with E-state index in [9.17, 15) is 4.79 Å². The number of rotatable bonds is 7. The number of hydrogen-bond acceptors (Lipinski definition) is 3. The van der Waals surface area contributed by atoms with Gasteiger partial charge in [0, 0.05) is 16.5 Å². The second-order valence-corrected chi connectivity index (χ2v) is 7.38. The lowest BCUT2D eigenvalue weighted by atomic mass is 10.1. The third kappa shape index (κ3) is 7.53. The summed E-state index contributed by atoms with van der Waals surface area (Å²) in [6.45, 7) is 11.4. The number of thioether (sulfide) groups is 1. The van der Waals surface area contributed by atoms with Crippen molar-refractivity contribution in [1.82, 2.24) is 10.6 Å². The monoisotopic (exact) mass is 308 g/mol. The van der Waals surface area contributed by atoms with E-state index in [0.717, 1.165) is 17.9 Å². The van der Waals surface area contributed by atoms with Gasteiger partial charge in [-0.15, -0.1) is 11.8 Å². The van der Waals surface area contributed by atoms with Crippen LogP contribution in [-0.4, -0.2) is 23.7 Å². The van der Waals surface area contributed by atoms with Crippen LogP contribution in [0.4, 0.5) is 0 Å². The van der Waals surface area contributed by atoms with Gasteiger partial charge in [0.1, 0.15) is 0 Å². The van der Waals surface area contributed by atoms with Gasteiger partial charge < -0.3 is 10.6 Å². The van der Waals surface area contributed by atoms with Crippen LogP contribution < -0.4 is 10.6 Å². The van der Waals surface area contributed by atoms with E-state index in [1.165, 1.54) is 5.56 Å². The maximum Gasteiger partial charge on any atom is 0.230 e. The minimum atomic E-state index is -0.169. The van der Waals surface area contributed by atoms with Gasteiger partial charge in [0.05, 0.1) is 5.75 Å². The average Bonchev–Trinajstić information content (AvgIpc) is 2.41. The molecule has 0 bridgehead atoms. The van der Waals surface area contributed by atoms with Crippen LogP contribution in [0.1, 0.15) is 52.6 Å². The molecule has 0 aliphatic carbocycles. The summed E-state index contributed by atoms with van der Waals surface area (Å²) in [5.41, 5.74) is 1.10. The van der Waals surface area contributed by atoms with Crippen LogP contribution in [-0.2, 0) is 4.79 Å². The number of carbonyl (C=O) groups is 1. The Morgan fingerprint density at radius 1 is 1.33 bits per heavy atom. The average molecular weight is 308 g/mol. The molecule has 1 aromatic carbocycles. The molecule has 4 heteroatoms. The van der Waals surface area contributed by atoms with Gasteiger partial charge >= 0.3 is 0 Å². The lowest BCUT2D eigenvalue weighted by molar-refractivity contribution is -0.119. The molecule has 3 nitrogen and oxygen atoms in total. The molecule has 21 heavy (non-hydrogen) atoms. The minimum Gasteiger partial charge on any atom is -0.351 e. The largest absolute Gasteiger partial charge is 0.351 e. The molecule has 1 aromatic rings. The second kappa shape index (κ2) is 8.44. The molecule has 1 atom stereocenters. The van der Waals surface area contributed by atoms with Crippen molar-refractivity contribution in [2.24, 2.45) is 0 Å². The Morgan fingerprint density at radius 3 is 2.67 bits per heavy atom. The van der Waals surface area contributed by atoms with Crippen molar-refractivity contribution in [3.05, 3.63) is 29.8 Å². The SMILES string of the molecule is CCCNC(C)c1cccc(SCC(=O)NC(C)(C)C)c1. The Kier molecular flexibility index (Phi) is 7.26. The predicted molar refractivity (Wildman–Crippen MR) is 91.8 cm³/mol. The normalized spacial score (nSPS) is 13.0. The smallest absolute Gasteiger partial charge is 0.230 e. The van der Waals surface area contributed by atoms with E-state index in [1.54, 1.807) is 11.8 Å². The molecule has 2 N–H and O–H groups in total. The molecule has 0 aromatic heterocycles. The van der Waals surface area contributed by atoms with E-state index < -0.39 is 0 Å². The number of benzene rings is 1. The van der Waals surface area contributed by atoms with Crippen LogP contribution in [0.2, 0.25) is 0 Å². The second-order valence-electron chi connectivity index (χ2n) is 6.34. The lowest BCUT2D eigenvalue weighted by Gasteiger charge is -2.20. The summed E-state index contributed by atoms with van der Waals surface area (Å²) >= 11 is 1.58. The third-order valence-electron chi connectivity index (χ3n) is 2.94. The molecule has 0 heterocycles. The van der Waals surface area contributed by atoms with Crippen LogP contribution in [0, 0.1) is 0 Å². The van der Waals surface area contributed by atoms with Crippen LogP contribution in [0.3, 0.4) is 0 Å². The Morgan fingerprint density at radius 2 is 2.05 bits per heavy atom. The van der Waals surface area contributed by atoms with Gasteiger partial charge in [0.2, 0.25) is 5.91 Å². The van der Waals surface area contributed by atoms with Crippen molar-refractivity contribution in [1.29, 1.82) is 0 Å². The zero-order chi connectivity index (χ0) is 15.9. The maximum absolute atomic E-state index is 11.8. The number of amides is 1. The number of hydrogen-bond donors (Lipinski definition) is 2. The third-order valence-corrected chi connectivity index (χ3v) is 3.94.